The van der Waals surface area contributed by atoms with Gasteiger partial charge in [0, 0.05) is 31.4 Å². The van der Waals surface area contributed by atoms with Crippen molar-refractivity contribution in [2.24, 2.45) is 0 Å². The van der Waals surface area contributed by atoms with Crippen molar-refractivity contribution in [2.45, 2.75) is 51.5 Å². The molecule has 1 N–H and O–H groups in total. The zero-order valence-corrected chi connectivity index (χ0v) is 20.6. The fourth-order valence-electron chi connectivity index (χ4n) is 5.19. The maximum Gasteiger partial charge on any atom is 0.416 e. The van der Waals surface area contributed by atoms with Gasteiger partial charge in [0.15, 0.2) is 0 Å². The summed E-state index contributed by atoms with van der Waals surface area (Å²) < 4.78 is 41.0. The first-order chi connectivity index (χ1) is 16.8. The Kier molecular flexibility index (Phi) is 8.02. The lowest BCUT2D eigenvalue weighted by atomic mass is 9.98. The summed E-state index contributed by atoms with van der Waals surface area (Å²) >= 11 is 0. The van der Waals surface area contributed by atoms with Crippen molar-refractivity contribution < 1.29 is 18.0 Å². The molecule has 8 heteroatoms. The third kappa shape index (κ3) is 6.16. The van der Waals surface area contributed by atoms with E-state index in [0.29, 0.717) is 0 Å². The summed E-state index contributed by atoms with van der Waals surface area (Å²) in [5, 5.41) is 3.33. The molecular formula is C27H35F3N4O. The molecule has 4 rings (SSSR count). The number of carbonyl (C=O) groups is 1. The lowest BCUT2D eigenvalue weighted by molar-refractivity contribution is -0.140. The Morgan fingerprint density at radius 2 is 1.83 bits per heavy atom. The van der Waals surface area contributed by atoms with Crippen molar-refractivity contribution in [3.05, 3.63) is 64.7 Å². The topological polar surface area (TPSA) is 38.8 Å². The number of carbonyl (C=O) groups excluding carboxylic acids is 1. The number of hydrogen-bond donors (Lipinski definition) is 1. The highest BCUT2D eigenvalue weighted by atomic mass is 19.4. The van der Waals surface area contributed by atoms with E-state index in [-0.39, 0.29) is 30.6 Å². The zero-order chi connectivity index (χ0) is 25.0. The van der Waals surface area contributed by atoms with E-state index in [1.54, 1.807) is 11.0 Å². The summed E-state index contributed by atoms with van der Waals surface area (Å²) in [7, 11) is 2.03. The molecule has 0 atom stereocenters. The number of rotatable bonds is 7. The first kappa shape index (κ1) is 25.5. The van der Waals surface area contributed by atoms with Gasteiger partial charge in [-0.1, -0.05) is 37.3 Å². The number of likely N-dealkylation sites (tertiary alicyclic amines) is 1. The van der Waals surface area contributed by atoms with Crippen LogP contribution in [0.15, 0.2) is 42.5 Å². The molecule has 1 fully saturated rings. The van der Waals surface area contributed by atoms with E-state index >= 15 is 0 Å². The molecule has 0 aliphatic carbocycles. The van der Waals surface area contributed by atoms with Crippen molar-refractivity contribution in [2.75, 3.05) is 45.1 Å². The molecule has 35 heavy (non-hydrogen) atoms. The van der Waals surface area contributed by atoms with Gasteiger partial charge in [0.2, 0.25) is 5.91 Å². The summed E-state index contributed by atoms with van der Waals surface area (Å²) in [5.41, 5.74) is 2.91. The minimum atomic E-state index is -4.45. The summed E-state index contributed by atoms with van der Waals surface area (Å²) in [6, 6.07) is 11.6. The van der Waals surface area contributed by atoms with Crippen LogP contribution in [0.5, 0.6) is 0 Å². The molecule has 0 unspecified atom stereocenters. The number of halogens is 3. The smallest absolute Gasteiger partial charge is 0.376 e. The first-order valence-corrected chi connectivity index (χ1v) is 12.5. The number of fused-ring (bicyclic) bond motifs is 1. The van der Waals surface area contributed by atoms with E-state index in [1.807, 2.05) is 19.2 Å². The largest absolute Gasteiger partial charge is 0.416 e. The molecule has 2 heterocycles. The van der Waals surface area contributed by atoms with Gasteiger partial charge in [-0.3, -0.25) is 9.69 Å². The number of amides is 1. The van der Waals surface area contributed by atoms with Crippen LogP contribution in [-0.2, 0) is 30.5 Å². The Balaban J connectivity index is 1.53. The number of benzene rings is 2. The van der Waals surface area contributed by atoms with Gasteiger partial charge in [0.25, 0.3) is 0 Å². The van der Waals surface area contributed by atoms with Gasteiger partial charge in [-0.15, -0.1) is 0 Å². The second kappa shape index (κ2) is 11.0. The number of likely N-dealkylation sites (N-methyl/N-ethyl adjacent to an activating group) is 1. The minimum absolute atomic E-state index is 0.0406. The Hall–Kier alpha value is -2.58. The fraction of sp³-hybridized carbons (Fsp3) is 0.519. The number of nitrogens with zero attached hydrogens (tertiary/aromatic N) is 3. The van der Waals surface area contributed by atoms with Gasteiger partial charge in [-0.2, -0.15) is 13.2 Å². The standard InChI is InChI=1S/C27H35F3N4O/c1-3-33-16-11-20-8-6-10-25(23(20)19-33)31-17-26(35)34(22-12-14-32(2)15-13-22)18-21-7-4-5-9-24(21)27(28,29)30/h4-10,22,31H,3,11-19H2,1-2H3. The lowest BCUT2D eigenvalue weighted by Crippen LogP contribution is -2.48. The number of alkyl halides is 3. The molecule has 2 aromatic carbocycles. The monoisotopic (exact) mass is 488 g/mol. The number of anilines is 1. The predicted molar refractivity (Wildman–Crippen MR) is 132 cm³/mol. The van der Waals surface area contributed by atoms with Gasteiger partial charge < -0.3 is 15.1 Å². The van der Waals surface area contributed by atoms with Crippen LogP contribution in [0.25, 0.3) is 0 Å². The van der Waals surface area contributed by atoms with Crippen molar-refractivity contribution in [3.63, 3.8) is 0 Å². The SMILES string of the molecule is CCN1CCc2cccc(NCC(=O)N(Cc3ccccc3C(F)(F)F)C3CCN(C)CC3)c2C1. The van der Waals surface area contributed by atoms with E-state index in [1.165, 1.54) is 23.3 Å². The molecule has 0 aromatic heterocycles. The highest BCUT2D eigenvalue weighted by Crippen LogP contribution is 2.33. The molecule has 0 spiro atoms. The number of hydrogen-bond acceptors (Lipinski definition) is 4. The first-order valence-electron chi connectivity index (χ1n) is 12.5. The van der Waals surface area contributed by atoms with Crippen molar-refractivity contribution >= 4 is 11.6 Å². The molecule has 0 bridgehead atoms. The molecule has 2 aliphatic heterocycles. The van der Waals surface area contributed by atoms with E-state index in [0.717, 1.165) is 63.7 Å². The van der Waals surface area contributed by atoms with E-state index < -0.39 is 11.7 Å². The summed E-state index contributed by atoms with van der Waals surface area (Å²) in [5.74, 6) is -0.169. The van der Waals surface area contributed by atoms with Crippen LogP contribution < -0.4 is 5.32 Å². The van der Waals surface area contributed by atoms with Crippen molar-refractivity contribution in [3.8, 4) is 0 Å². The average molecular weight is 489 g/mol. The van der Waals surface area contributed by atoms with E-state index in [4.69, 9.17) is 0 Å². The van der Waals surface area contributed by atoms with Gasteiger partial charge >= 0.3 is 6.18 Å². The summed E-state index contributed by atoms with van der Waals surface area (Å²) in [6.45, 7) is 6.63. The van der Waals surface area contributed by atoms with Crippen LogP contribution in [0.1, 0.15) is 42.0 Å². The highest BCUT2D eigenvalue weighted by Gasteiger charge is 2.35. The minimum Gasteiger partial charge on any atom is -0.376 e. The lowest BCUT2D eigenvalue weighted by Gasteiger charge is -2.38. The zero-order valence-electron chi connectivity index (χ0n) is 20.6. The normalized spacial score (nSPS) is 17.7. The third-order valence-corrected chi connectivity index (χ3v) is 7.34. The van der Waals surface area contributed by atoms with E-state index in [2.05, 4.69) is 28.1 Å². The summed E-state index contributed by atoms with van der Waals surface area (Å²) in [6.07, 6.45) is -1.97. The predicted octanol–water partition coefficient (Wildman–Crippen LogP) is 4.62. The Labute approximate surface area is 205 Å². The summed E-state index contributed by atoms with van der Waals surface area (Å²) in [4.78, 5) is 19.7. The Morgan fingerprint density at radius 3 is 2.54 bits per heavy atom. The highest BCUT2D eigenvalue weighted by molar-refractivity contribution is 5.81. The van der Waals surface area contributed by atoms with Gasteiger partial charge in [0.05, 0.1) is 12.1 Å². The molecule has 2 aromatic rings. The van der Waals surface area contributed by atoms with Gasteiger partial charge in [-0.25, -0.2) is 0 Å². The fourth-order valence-corrected chi connectivity index (χ4v) is 5.19. The van der Waals surface area contributed by atoms with Gasteiger partial charge in [0.1, 0.15) is 0 Å². The Morgan fingerprint density at radius 1 is 1.09 bits per heavy atom. The molecular weight excluding hydrogens is 453 g/mol. The molecule has 5 nitrogen and oxygen atoms in total. The number of nitrogens with one attached hydrogen (secondary N) is 1. The second-order valence-corrected chi connectivity index (χ2v) is 9.63. The molecule has 2 aliphatic rings. The molecule has 190 valence electrons. The second-order valence-electron chi connectivity index (χ2n) is 9.63. The van der Waals surface area contributed by atoms with Crippen LogP contribution in [0.2, 0.25) is 0 Å². The van der Waals surface area contributed by atoms with Crippen LogP contribution in [0.3, 0.4) is 0 Å². The van der Waals surface area contributed by atoms with Crippen molar-refractivity contribution in [1.29, 1.82) is 0 Å². The molecule has 1 amide bonds. The van der Waals surface area contributed by atoms with Crippen molar-refractivity contribution in [1.82, 2.24) is 14.7 Å². The van der Waals surface area contributed by atoms with Crippen LogP contribution in [0.4, 0.5) is 18.9 Å². The molecule has 1 saturated heterocycles. The maximum atomic E-state index is 13.7. The molecule has 0 radical (unpaired) electrons. The van der Waals surface area contributed by atoms with Crippen LogP contribution in [-0.4, -0.2) is 66.4 Å². The maximum absolute atomic E-state index is 13.7. The van der Waals surface area contributed by atoms with E-state index in [9.17, 15) is 18.0 Å². The number of piperidine rings is 1. The van der Waals surface area contributed by atoms with Crippen LogP contribution in [0, 0.1) is 0 Å². The Bertz CT molecular complexity index is 1020. The van der Waals surface area contributed by atoms with Gasteiger partial charge in [-0.05, 0) is 74.8 Å². The average Bonchev–Trinajstić information content (AvgIpc) is 2.85. The molecule has 0 saturated carbocycles. The quantitative estimate of drug-likeness (QED) is 0.618. The third-order valence-electron chi connectivity index (χ3n) is 7.34. The van der Waals surface area contributed by atoms with Crippen LogP contribution >= 0.6 is 0 Å².